The van der Waals surface area contributed by atoms with Crippen LogP contribution in [0.2, 0.25) is 0 Å². The van der Waals surface area contributed by atoms with E-state index in [0.717, 1.165) is 0 Å². The van der Waals surface area contributed by atoms with Crippen LogP contribution in [0.15, 0.2) is 33.0 Å². The van der Waals surface area contributed by atoms with Gasteiger partial charge >= 0.3 is 0 Å². The second-order valence-corrected chi connectivity index (χ2v) is 10.5. The van der Waals surface area contributed by atoms with Gasteiger partial charge in [-0.2, -0.15) is 0 Å². The molecule has 0 amide bonds. The van der Waals surface area contributed by atoms with E-state index in [0.29, 0.717) is 22.6 Å². The molecule has 0 spiro atoms. The molecule has 3 aliphatic rings. The van der Waals surface area contributed by atoms with Crippen molar-refractivity contribution < 1.29 is 69.0 Å². The summed E-state index contributed by atoms with van der Waals surface area (Å²) in [4.78, 5) is 12.4. The van der Waals surface area contributed by atoms with E-state index in [1.807, 2.05) is 0 Å². The number of hydrogen-bond donors (Lipinski definition) is 8. The van der Waals surface area contributed by atoms with Gasteiger partial charge in [0.05, 0.1) is 19.8 Å². The Hall–Kier alpha value is -2.67. The second-order valence-electron chi connectivity index (χ2n) is 10.5. The topological polar surface area (TPSA) is 238 Å². The number of allylic oxidation sites excluding steroid dienone is 1. The third-order valence-corrected chi connectivity index (χ3v) is 7.57. The first-order valence-corrected chi connectivity index (χ1v) is 13.3. The molecule has 2 aromatic rings. The average Bonchev–Trinajstić information content (AvgIpc) is 3.17. The molecule has 2 saturated heterocycles. The summed E-state index contributed by atoms with van der Waals surface area (Å²) in [6.07, 6.45) is -13.6. The first kappa shape index (κ1) is 30.8. The molecule has 0 bridgehead atoms. The highest BCUT2D eigenvalue weighted by Crippen LogP contribution is 2.36. The van der Waals surface area contributed by atoms with Crippen LogP contribution in [0, 0.1) is 6.92 Å². The van der Waals surface area contributed by atoms with E-state index >= 15 is 0 Å². The van der Waals surface area contributed by atoms with Crippen LogP contribution in [-0.2, 0) is 25.4 Å². The van der Waals surface area contributed by atoms with Crippen LogP contribution in [0.25, 0.3) is 11.0 Å². The van der Waals surface area contributed by atoms with Crippen molar-refractivity contribution in [3.05, 3.63) is 45.3 Å². The van der Waals surface area contributed by atoms with E-state index in [1.165, 1.54) is 12.1 Å². The molecule has 3 aliphatic heterocycles. The lowest BCUT2D eigenvalue weighted by Gasteiger charge is -2.45. The summed E-state index contributed by atoms with van der Waals surface area (Å²) in [5.74, 6) is 0.407. The Labute approximate surface area is 238 Å². The van der Waals surface area contributed by atoms with Crippen LogP contribution < -0.4 is 10.2 Å². The Kier molecular flexibility index (Phi) is 9.17. The zero-order chi connectivity index (χ0) is 30.3. The molecule has 4 heterocycles. The lowest BCUT2D eigenvalue weighted by atomic mass is 9.97. The molecule has 0 radical (unpaired) electrons. The number of phenols is 1. The fourth-order valence-corrected chi connectivity index (χ4v) is 5.24. The molecule has 10 atom stereocenters. The number of phenolic OH excluding ortho intramolecular Hbond substituents is 1. The van der Waals surface area contributed by atoms with Crippen molar-refractivity contribution in [1.29, 1.82) is 0 Å². The molecule has 6 unspecified atom stereocenters. The molecule has 42 heavy (non-hydrogen) atoms. The lowest BCUT2D eigenvalue weighted by Crippen LogP contribution is -2.64. The van der Waals surface area contributed by atoms with E-state index in [9.17, 15) is 45.6 Å². The van der Waals surface area contributed by atoms with Crippen LogP contribution in [0.4, 0.5) is 0 Å². The number of aliphatic hydroxyl groups excluding tert-OH is 7. The maximum Gasteiger partial charge on any atom is 0.196 e. The highest BCUT2D eigenvalue weighted by Gasteiger charge is 2.50. The van der Waals surface area contributed by atoms with Gasteiger partial charge in [0.15, 0.2) is 18.0 Å². The quantitative estimate of drug-likeness (QED) is 0.151. The lowest BCUT2D eigenvalue weighted by molar-refractivity contribution is -0.358. The minimum atomic E-state index is -1.78. The van der Waals surface area contributed by atoms with Crippen molar-refractivity contribution in [1.82, 2.24) is 0 Å². The van der Waals surface area contributed by atoms with Crippen molar-refractivity contribution in [3.63, 3.8) is 0 Å². The Morgan fingerprint density at radius 1 is 0.905 bits per heavy atom. The Morgan fingerprint density at radius 2 is 1.60 bits per heavy atom. The molecule has 2 fully saturated rings. The van der Waals surface area contributed by atoms with Gasteiger partial charge in [-0.1, -0.05) is 6.08 Å². The fourth-order valence-electron chi connectivity index (χ4n) is 5.24. The van der Waals surface area contributed by atoms with Gasteiger partial charge in [0.1, 0.15) is 83.7 Å². The van der Waals surface area contributed by atoms with Crippen LogP contribution in [0.3, 0.4) is 0 Å². The zero-order valence-corrected chi connectivity index (χ0v) is 22.5. The van der Waals surface area contributed by atoms with Gasteiger partial charge in [-0.05, 0) is 18.9 Å². The maximum absolute atomic E-state index is 12.4. The zero-order valence-electron chi connectivity index (χ0n) is 22.5. The molecule has 1 aromatic carbocycles. The minimum Gasteiger partial charge on any atom is -0.507 e. The normalized spacial score (nSPS) is 35.3. The van der Waals surface area contributed by atoms with E-state index in [2.05, 4.69) is 0 Å². The molecule has 15 nitrogen and oxygen atoms in total. The number of rotatable bonds is 7. The summed E-state index contributed by atoms with van der Waals surface area (Å²) >= 11 is 0. The summed E-state index contributed by atoms with van der Waals surface area (Å²) < 4.78 is 33.8. The van der Waals surface area contributed by atoms with Gasteiger partial charge in [0.2, 0.25) is 0 Å². The largest absolute Gasteiger partial charge is 0.507 e. The number of aromatic hydroxyl groups is 1. The van der Waals surface area contributed by atoms with E-state index in [4.69, 9.17) is 28.1 Å². The van der Waals surface area contributed by atoms with E-state index in [1.54, 1.807) is 13.0 Å². The molecule has 0 aliphatic carbocycles. The molecular formula is C27H34O15. The summed E-state index contributed by atoms with van der Waals surface area (Å²) in [5, 5.41) is 81.5. The summed E-state index contributed by atoms with van der Waals surface area (Å²) in [7, 11) is 0. The van der Waals surface area contributed by atoms with Crippen molar-refractivity contribution in [2.45, 2.75) is 74.8 Å². The van der Waals surface area contributed by atoms with Gasteiger partial charge in [-0.3, -0.25) is 4.79 Å². The summed E-state index contributed by atoms with van der Waals surface area (Å²) in [6, 6.07) is 2.62. The van der Waals surface area contributed by atoms with Crippen LogP contribution >= 0.6 is 0 Å². The predicted molar refractivity (Wildman–Crippen MR) is 139 cm³/mol. The third kappa shape index (κ3) is 5.78. The number of hydrogen-bond acceptors (Lipinski definition) is 15. The molecular weight excluding hydrogens is 564 g/mol. The van der Waals surface area contributed by atoms with Crippen LogP contribution in [0.5, 0.6) is 11.5 Å². The number of benzene rings is 1. The highest BCUT2D eigenvalue weighted by atomic mass is 16.7. The second kappa shape index (κ2) is 12.5. The molecule has 232 valence electrons. The fraction of sp³-hybridized carbons (Fsp3) is 0.593. The van der Waals surface area contributed by atoms with E-state index in [-0.39, 0.29) is 41.8 Å². The van der Waals surface area contributed by atoms with Crippen molar-refractivity contribution in [2.24, 2.45) is 0 Å². The molecule has 15 heteroatoms. The smallest absolute Gasteiger partial charge is 0.196 e. The first-order chi connectivity index (χ1) is 20.0. The SMILES string of the molecule is Cc1cc(=O)c2c(O)cc3c(c2o1)CC=C(CO[C@@H]1OC(CO)[C@@H](O[C@@H]2OC(CO)[C@@H](O)C(O)C2O)C(O)C1O)CO3. The summed E-state index contributed by atoms with van der Waals surface area (Å²) in [6.45, 7) is 0.102. The van der Waals surface area contributed by atoms with Crippen molar-refractivity contribution in [3.8, 4) is 11.5 Å². The minimum absolute atomic E-state index is 0.0195. The maximum atomic E-state index is 12.4. The molecule has 5 rings (SSSR count). The van der Waals surface area contributed by atoms with Gasteiger partial charge < -0.3 is 69.0 Å². The monoisotopic (exact) mass is 598 g/mol. The number of fused-ring (bicyclic) bond motifs is 3. The van der Waals surface area contributed by atoms with Gasteiger partial charge in [-0.25, -0.2) is 0 Å². The third-order valence-electron chi connectivity index (χ3n) is 7.57. The Bertz CT molecular complexity index is 1350. The average molecular weight is 599 g/mol. The highest BCUT2D eigenvalue weighted by molar-refractivity contribution is 5.88. The van der Waals surface area contributed by atoms with E-state index < -0.39 is 74.6 Å². The molecule has 1 aromatic heterocycles. The summed E-state index contributed by atoms with van der Waals surface area (Å²) in [5.41, 5.74) is 0.967. The predicted octanol–water partition coefficient (Wildman–Crippen LogP) is -2.69. The van der Waals surface area contributed by atoms with Crippen LogP contribution in [-0.4, -0.2) is 129 Å². The van der Waals surface area contributed by atoms with Crippen molar-refractivity contribution in [2.75, 3.05) is 26.4 Å². The van der Waals surface area contributed by atoms with Crippen molar-refractivity contribution >= 4 is 11.0 Å². The molecule has 0 saturated carbocycles. The number of ether oxygens (including phenoxy) is 5. The van der Waals surface area contributed by atoms with Gasteiger partial charge in [-0.15, -0.1) is 0 Å². The Balaban J connectivity index is 1.25. The molecule has 8 N–H and O–H groups in total. The van der Waals surface area contributed by atoms with Gasteiger partial charge in [0, 0.05) is 17.7 Å². The first-order valence-electron chi connectivity index (χ1n) is 13.3. The standard InChI is InChI=1S/C27H34O15/c1-10-4-13(30)18-14(31)5-15-12(24(18)39-10)3-2-11(8-37-15)9-38-26-23(36)21(34)25(17(7-29)41-26)42-27-22(35)20(33)19(32)16(6-28)40-27/h2,4-5,16-17,19-23,25-29,31-36H,3,6-9H2,1H3/t16?,17?,19-,20?,21?,22?,23?,25-,26-,27+/m1/s1. The van der Waals surface area contributed by atoms with Crippen LogP contribution in [0.1, 0.15) is 11.3 Å². The number of aryl methyl sites for hydroxylation is 1. The Morgan fingerprint density at radius 3 is 2.31 bits per heavy atom. The number of aliphatic hydroxyl groups is 7. The van der Waals surface area contributed by atoms with Gasteiger partial charge in [0.25, 0.3) is 0 Å².